The number of nitrogens with zero attached hydrogens (tertiary/aromatic N) is 1. The number of rotatable bonds is 5. The summed E-state index contributed by atoms with van der Waals surface area (Å²) in [4.78, 5) is 11.8. The molecule has 0 atom stereocenters. The van der Waals surface area contributed by atoms with Crippen LogP contribution in [0.15, 0.2) is 29.4 Å². The van der Waals surface area contributed by atoms with Gasteiger partial charge in [0.2, 0.25) is 0 Å². The van der Waals surface area contributed by atoms with Crippen molar-refractivity contribution in [1.82, 2.24) is 10.2 Å². The molecule has 0 amide bonds. The summed E-state index contributed by atoms with van der Waals surface area (Å²) in [5.41, 5.74) is 1.08. The number of aromatic nitrogens is 2. The zero-order chi connectivity index (χ0) is 16.3. The minimum absolute atomic E-state index is 0.127. The van der Waals surface area contributed by atoms with Gasteiger partial charge in [-0.15, -0.1) is 0 Å². The van der Waals surface area contributed by atoms with Crippen LogP contribution in [0.25, 0.3) is 0 Å². The summed E-state index contributed by atoms with van der Waals surface area (Å²) in [6, 6.07) is 5.29. The van der Waals surface area contributed by atoms with Crippen molar-refractivity contribution in [1.29, 1.82) is 0 Å². The number of carbonyl (C=O) groups is 1. The first kappa shape index (κ1) is 16.7. The number of anilines is 1. The third-order valence-corrected chi connectivity index (χ3v) is 4.81. The summed E-state index contributed by atoms with van der Waals surface area (Å²) < 4.78 is 33.1. The number of sulfonamides is 1. The largest absolute Gasteiger partial charge is 0.462 e. The molecule has 0 aliphatic carbocycles. The molecule has 118 valence electrons. The van der Waals surface area contributed by atoms with E-state index in [4.69, 9.17) is 4.74 Å². The van der Waals surface area contributed by atoms with E-state index in [1.165, 1.54) is 0 Å². The average Bonchev–Trinajstić information content (AvgIpc) is 2.92. The maximum Gasteiger partial charge on any atom is 0.342 e. The molecule has 1 aromatic carbocycles. The highest BCUT2D eigenvalue weighted by molar-refractivity contribution is 14.1. The third-order valence-electron chi connectivity index (χ3n) is 2.80. The van der Waals surface area contributed by atoms with E-state index in [1.807, 2.05) is 6.07 Å². The normalized spacial score (nSPS) is 11.2. The number of H-pyrrole nitrogens is 1. The number of hydrogen-bond acceptors (Lipinski definition) is 5. The molecule has 0 aliphatic heterocycles. The lowest BCUT2D eigenvalue weighted by Crippen LogP contribution is -2.18. The van der Waals surface area contributed by atoms with Gasteiger partial charge in [0.1, 0.15) is 5.56 Å². The van der Waals surface area contributed by atoms with E-state index in [1.54, 1.807) is 26.0 Å². The topological polar surface area (TPSA) is 101 Å². The van der Waals surface area contributed by atoms with Crippen molar-refractivity contribution in [3.63, 3.8) is 0 Å². The van der Waals surface area contributed by atoms with Gasteiger partial charge in [-0.1, -0.05) is 0 Å². The van der Waals surface area contributed by atoms with Crippen LogP contribution < -0.4 is 4.72 Å². The minimum atomic E-state index is -3.97. The summed E-state index contributed by atoms with van der Waals surface area (Å²) in [5.74, 6) is -0.740. The highest BCUT2D eigenvalue weighted by Crippen LogP contribution is 2.22. The fraction of sp³-hybridized carbons (Fsp3) is 0.231. The molecule has 0 spiro atoms. The fourth-order valence-electron chi connectivity index (χ4n) is 1.77. The molecule has 22 heavy (non-hydrogen) atoms. The molecule has 0 fully saturated rings. The quantitative estimate of drug-likeness (QED) is 0.555. The number of aryl methyl sites for hydroxylation is 1. The Kier molecular flexibility index (Phi) is 5.06. The fourth-order valence-corrected chi connectivity index (χ4v) is 3.64. The summed E-state index contributed by atoms with van der Waals surface area (Å²) in [7, 11) is -3.97. The van der Waals surface area contributed by atoms with Crippen molar-refractivity contribution in [3.8, 4) is 0 Å². The Morgan fingerprint density at radius 2 is 2.18 bits per heavy atom. The highest BCUT2D eigenvalue weighted by Gasteiger charge is 2.26. The van der Waals surface area contributed by atoms with Crippen LogP contribution in [0, 0.1) is 10.5 Å². The van der Waals surface area contributed by atoms with Crippen LogP contribution in [-0.4, -0.2) is 31.2 Å². The van der Waals surface area contributed by atoms with Crippen LogP contribution in [0.4, 0.5) is 5.69 Å². The van der Waals surface area contributed by atoms with Gasteiger partial charge >= 0.3 is 5.97 Å². The van der Waals surface area contributed by atoms with Crippen molar-refractivity contribution < 1.29 is 17.9 Å². The predicted octanol–water partition coefficient (Wildman–Crippen LogP) is 2.30. The molecule has 0 saturated heterocycles. The number of halogens is 1. The van der Waals surface area contributed by atoms with Crippen LogP contribution >= 0.6 is 22.6 Å². The minimum Gasteiger partial charge on any atom is -0.462 e. The maximum absolute atomic E-state index is 12.4. The highest BCUT2D eigenvalue weighted by atomic mass is 127. The summed E-state index contributed by atoms with van der Waals surface area (Å²) >= 11 is 2.14. The van der Waals surface area contributed by atoms with Crippen molar-refractivity contribution >= 4 is 44.3 Å². The van der Waals surface area contributed by atoms with E-state index in [0.717, 1.165) is 15.3 Å². The SMILES string of the molecule is CCOC(=O)c1cn[nH]c1S(=O)(=O)Nc1ccc(I)cc1C. The monoisotopic (exact) mass is 435 g/mol. The Balaban J connectivity index is 2.35. The molecule has 7 nitrogen and oxygen atoms in total. The summed E-state index contributed by atoms with van der Waals surface area (Å²) in [5, 5.41) is 5.64. The standard InChI is InChI=1S/C13H14IN3O4S/c1-3-21-13(18)10-7-15-16-12(10)22(19,20)17-11-5-4-9(14)6-8(11)2/h4-7,17H,3H2,1-2H3,(H,15,16). The van der Waals surface area contributed by atoms with Crippen LogP contribution in [0.1, 0.15) is 22.8 Å². The molecule has 9 heteroatoms. The van der Waals surface area contributed by atoms with Crippen LogP contribution in [-0.2, 0) is 14.8 Å². The number of carbonyl (C=O) groups excluding carboxylic acids is 1. The van der Waals surface area contributed by atoms with Gasteiger partial charge in [-0.05, 0) is 60.2 Å². The smallest absolute Gasteiger partial charge is 0.342 e. The first-order chi connectivity index (χ1) is 10.3. The Morgan fingerprint density at radius 3 is 2.82 bits per heavy atom. The second kappa shape index (κ2) is 6.65. The predicted molar refractivity (Wildman–Crippen MR) is 89.2 cm³/mol. The van der Waals surface area contributed by atoms with Gasteiger partial charge in [0.15, 0.2) is 5.03 Å². The lowest BCUT2D eigenvalue weighted by atomic mass is 10.2. The number of hydrogen-bond donors (Lipinski definition) is 2. The molecule has 0 saturated carbocycles. The zero-order valence-corrected chi connectivity index (χ0v) is 14.9. The van der Waals surface area contributed by atoms with Crippen molar-refractivity contribution in [2.75, 3.05) is 11.3 Å². The molecule has 2 aromatic rings. The van der Waals surface area contributed by atoms with Crippen LogP contribution in [0.2, 0.25) is 0 Å². The molecular weight excluding hydrogens is 421 g/mol. The second-order valence-corrected chi connectivity index (χ2v) is 7.26. The molecule has 2 N–H and O–H groups in total. The van der Waals surface area contributed by atoms with E-state index in [2.05, 4.69) is 37.5 Å². The molecule has 1 heterocycles. The summed E-state index contributed by atoms with van der Waals surface area (Å²) in [6.45, 7) is 3.58. The lowest BCUT2D eigenvalue weighted by molar-refractivity contribution is 0.0522. The maximum atomic E-state index is 12.4. The Bertz CT molecular complexity index is 801. The van der Waals surface area contributed by atoms with Gasteiger partial charge in [0.25, 0.3) is 10.0 Å². The van der Waals surface area contributed by atoms with E-state index < -0.39 is 16.0 Å². The van der Waals surface area contributed by atoms with E-state index in [-0.39, 0.29) is 17.2 Å². The van der Waals surface area contributed by atoms with Crippen molar-refractivity contribution in [2.24, 2.45) is 0 Å². The van der Waals surface area contributed by atoms with Crippen molar-refractivity contribution in [2.45, 2.75) is 18.9 Å². The number of ether oxygens (including phenoxy) is 1. The Morgan fingerprint density at radius 1 is 1.45 bits per heavy atom. The molecule has 0 bridgehead atoms. The number of nitrogens with one attached hydrogen (secondary N) is 2. The Hall–Kier alpha value is -1.62. The average molecular weight is 435 g/mol. The van der Waals surface area contributed by atoms with Crippen LogP contribution in [0.5, 0.6) is 0 Å². The number of aromatic amines is 1. The van der Waals surface area contributed by atoms with Gasteiger partial charge in [-0.25, -0.2) is 4.79 Å². The molecule has 0 unspecified atom stereocenters. The number of benzene rings is 1. The molecule has 0 aliphatic rings. The molecular formula is C13H14IN3O4S. The second-order valence-electron chi connectivity index (χ2n) is 4.40. The van der Waals surface area contributed by atoms with E-state index >= 15 is 0 Å². The van der Waals surface area contributed by atoms with E-state index in [0.29, 0.717) is 5.69 Å². The first-order valence-corrected chi connectivity index (χ1v) is 8.91. The molecule has 1 aromatic heterocycles. The van der Waals surface area contributed by atoms with Gasteiger partial charge in [0.05, 0.1) is 18.5 Å². The Labute approximate surface area is 141 Å². The lowest BCUT2D eigenvalue weighted by Gasteiger charge is -2.10. The number of esters is 1. The van der Waals surface area contributed by atoms with Crippen molar-refractivity contribution in [3.05, 3.63) is 39.1 Å². The van der Waals surface area contributed by atoms with E-state index in [9.17, 15) is 13.2 Å². The molecule has 0 radical (unpaired) electrons. The van der Waals surface area contributed by atoms with Gasteiger partial charge < -0.3 is 4.74 Å². The zero-order valence-electron chi connectivity index (χ0n) is 11.9. The summed E-state index contributed by atoms with van der Waals surface area (Å²) in [6.07, 6.45) is 1.13. The third kappa shape index (κ3) is 3.58. The molecule has 2 rings (SSSR count). The van der Waals surface area contributed by atoms with Gasteiger partial charge in [-0.2, -0.15) is 13.5 Å². The van der Waals surface area contributed by atoms with Gasteiger partial charge in [-0.3, -0.25) is 9.82 Å². The first-order valence-electron chi connectivity index (χ1n) is 6.34. The van der Waals surface area contributed by atoms with Gasteiger partial charge in [0, 0.05) is 3.57 Å². The van der Waals surface area contributed by atoms with Crippen LogP contribution in [0.3, 0.4) is 0 Å².